The molecule has 0 aliphatic carbocycles. The van der Waals surface area contributed by atoms with E-state index in [1.807, 2.05) is 19.1 Å². The number of ketones is 1. The molecule has 1 fully saturated rings. The number of hydrogen-bond acceptors (Lipinski definition) is 5. The number of rotatable bonds is 9. The van der Waals surface area contributed by atoms with E-state index < -0.39 is 17.7 Å². The molecule has 0 spiro atoms. The van der Waals surface area contributed by atoms with Gasteiger partial charge in [0.1, 0.15) is 11.5 Å². The molecule has 0 bridgehead atoms. The van der Waals surface area contributed by atoms with Crippen molar-refractivity contribution in [2.24, 2.45) is 0 Å². The van der Waals surface area contributed by atoms with E-state index in [2.05, 4.69) is 39.5 Å². The molecule has 0 radical (unpaired) electrons. The lowest BCUT2D eigenvalue weighted by Gasteiger charge is -2.28. The highest BCUT2D eigenvalue weighted by molar-refractivity contribution is 6.46. The van der Waals surface area contributed by atoms with Crippen molar-refractivity contribution in [2.45, 2.75) is 53.0 Å². The fourth-order valence-corrected chi connectivity index (χ4v) is 4.72. The number of carbonyl (C=O) groups excluding carboxylic acids is 2. The van der Waals surface area contributed by atoms with Crippen LogP contribution in [0.1, 0.15) is 64.3 Å². The van der Waals surface area contributed by atoms with Crippen molar-refractivity contribution in [1.29, 1.82) is 0 Å². The van der Waals surface area contributed by atoms with Gasteiger partial charge in [0, 0.05) is 29.2 Å². The third-order valence-electron chi connectivity index (χ3n) is 6.64. The Bertz CT molecular complexity index is 1130. The predicted octanol–water partition coefficient (Wildman–Crippen LogP) is 5.80. The van der Waals surface area contributed by atoms with Crippen LogP contribution in [0.25, 0.3) is 5.76 Å². The van der Waals surface area contributed by atoms with E-state index in [0.717, 1.165) is 30.0 Å². The van der Waals surface area contributed by atoms with Crippen LogP contribution in [-0.4, -0.2) is 59.4 Å². The van der Waals surface area contributed by atoms with E-state index in [1.165, 1.54) is 0 Å². The molecule has 2 aromatic rings. The molecule has 0 saturated carbocycles. The fraction of sp³-hybridized carbons (Fsp3) is 0.448. The van der Waals surface area contributed by atoms with Crippen LogP contribution in [0.2, 0.25) is 5.02 Å². The SMILES string of the molecule is CCOc1ccc(/C(O)=C2/C(=O)C(=O)N(CCN(CC)CC)C2c2ccc(Cl)cc2)cc1C(C)(C)C. The Hall–Kier alpha value is -2.83. The number of hydrogen-bond donors (Lipinski definition) is 1. The first kappa shape index (κ1) is 27.8. The molecule has 0 aromatic heterocycles. The highest BCUT2D eigenvalue weighted by atomic mass is 35.5. The minimum Gasteiger partial charge on any atom is -0.507 e. The van der Waals surface area contributed by atoms with E-state index in [-0.39, 0.29) is 16.7 Å². The Kier molecular flexibility index (Phi) is 8.85. The number of aliphatic hydroxyl groups excluding tert-OH is 1. The van der Waals surface area contributed by atoms with Crippen LogP contribution in [0, 0.1) is 0 Å². The number of ether oxygens (including phenoxy) is 1. The van der Waals surface area contributed by atoms with E-state index in [0.29, 0.717) is 30.3 Å². The zero-order valence-corrected chi connectivity index (χ0v) is 22.9. The van der Waals surface area contributed by atoms with E-state index >= 15 is 0 Å². The molecule has 3 rings (SSSR count). The average molecular weight is 513 g/mol. The van der Waals surface area contributed by atoms with Gasteiger partial charge in [0.25, 0.3) is 11.7 Å². The molecule has 1 atom stereocenters. The van der Waals surface area contributed by atoms with Gasteiger partial charge in [0.15, 0.2) is 0 Å². The van der Waals surface area contributed by atoms with E-state index in [1.54, 1.807) is 35.2 Å². The third kappa shape index (κ3) is 5.76. The summed E-state index contributed by atoms with van der Waals surface area (Å²) in [7, 11) is 0. The Morgan fingerprint density at radius 3 is 2.25 bits per heavy atom. The molecule has 1 N–H and O–H groups in total. The van der Waals surface area contributed by atoms with Gasteiger partial charge in [-0.25, -0.2) is 0 Å². The lowest BCUT2D eigenvalue weighted by Crippen LogP contribution is -2.38. The Morgan fingerprint density at radius 1 is 1.06 bits per heavy atom. The highest BCUT2D eigenvalue weighted by Crippen LogP contribution is 2.41. The summed E-state index contributed by atoms with van der Waals surface area (Å²) in [6.07, 6.45) is 0. The maximum atomic E-state index is 13.3. The van der Waals surface area contributed by atoms with Gasteiger partial charge < -0.3 is 19.6 Å². The van der Waals surface area contributed by atoms with E-state index in [4.69, 9.17) is 16.3 Å². The smallest absolute Gasteiger partial charge is 0.295 e. The summed E-state index contributed by atoms with van der Waals surface area (Å²) >= 11 is 6.12. The van der Waals surface area contributed by atoms with Gasteiger partial charge in [0.2, 0.25) is 0 Å². The van der Waals surface area contributed by atoms with Crippen molar-refractivity contribution in [2.75, 3.05) is 32.8 Å². The first-order valence-electron chi connectivity index (χ1n) is 12.6. The zero-order valence-electron chi connectivity index (χ0n) is 22.1. The van der Waals surface area contributed by atoms with Crippen LogP contribution in [-0.2, 0) is 15.0 Å². The lowest BCUT2D eigenvalue weighted by atomic mass is 9.84. The van der Waals surface area contributed by atoms with Crippen molar-refractivity contribution in [3.05, 3.63) is 69.8 Å². The molecule has 1 aliphatic rings. The second-order valence-corrected chi connectivity index (χ2v) is 10.4. The average Bonchev–Trinajstić information content (AvgIpc) is 3.09. The van der Waals surface area contributed by atoms with Crippen molar-refractivity contribution < 1.29 is 19.4 Å². The molecule has 2 aromatic carbocycles. The number of aliphatic hydroxyl groups is 1. The first-order chi connectivity index (χ1) is 17.0. The Morgan fingerprint density at radius 2 is 1.69 bits per heavy atom. The topological polar surface area (TPSA) is 70.1 Å². The molecule has 1 unspecified atom stereocenters. The minimum absolute atomic E-state index is 0.0888. The number of nitrogens with zero attached hydrogens (tertiary/aromatic N) is 2. The maximum Gasteiger partial charge on any atom is 0.295 e. The third-order valence-corrected chi connectivity index (χ3v) is 6.89. The molecule has 7 heteroatoms. The summed E-state index contributed by atoms with van der Waals surface area (Å²) in [4.78, 5) is 30.3. The van der Waals surface area contributed by atoms with Crippen LogP contribution in [0.15, 0.2) is 48.0 Å². The van der Waals surface area contributed by atoms with Crippen molar-refractivity contribution in [3.8, 4) is 5.75 Å². The quantitative estimate of drug-likeness (QED) is 0.261. The number of halogens is 1. The van der Waals surface area contributed by atoms with Crippen molar-refractivity contribution in [1.82, 2.24) is 9.80 Å². The minimum atomic E-state index is -0.706. The summed E-state index contributed by atoms with van der Waals surface area (Å²) < 4.78 is 5.81. The molecule has 36 heavy (non-hydrogen) atoms. The summed E-state index contributed by atoms with van der Waals surface area (Å²) in [5.41, 5.74) is 1.94. The second kappa shape index (κ2) is 11.5. The number of likely N-dealkylation sites (tertiary alicyclic amines) is 1. The second-order valence-electron chi connectivity index (χ2n) is 9.96. The number of carbonyl (C=O) groups is 2. The molecule has 1 amide bonds. The highest BCUT2D eigenvalue weighted by Gasteiger charge is 2.46. The molecular weight excluding hydrogens is 476 g/mol. The van der Waals surface area contributed by atoms with Gasteiger partial charge >= 0.3 is 0 Å². The molecular formula is C29H37ClN2O4. The van der Waals surface area contributed by atoms with Gasteiger partial charge in [-0.1, -0.05) is 58.4 Å². The number of amides is 1. The summed E-state index contributed by atoms with van der Waals surface area (Å²) in [5.74, 6) is -0.744. The van der Waals surface area contributed by atoms with Gasteiger partial charge in [-0.15, -0.1) is 0 Å². The van der Waals surface area contributed by atoms with Crippen LogP contribution in [0.4, 0.5) is 0 Å². The largest absolute Gasteiger partial charge is 0.507 e. The van der Waals surface area contributed by atoms with Gasteiger partial charge in [-0.3, -0.25) is 9.59 Å². The monoisotopic (exact) mass is 512 g/mol. The van der Waals surface area contributed by atoms with Crippen molar-refractivity contribution in [3.63, 3.8) is 0 Å². The van der Waals surface area contributed by atoms with E-state index in [9.17, 15) is 14.7 Å². The molecule has 1 heterocycles. The molecule has 1 aliphatic heterocycles. The molecule has 1 saturated heterocycles. The predicted molar refractivity (Wildman–Crippen MR) is 145 cm³/mol. The summed E-state index contributed by atoms with van der Waals surface area (Å²) in [5, 5.41) is 12.1. The normalized spacial score (nSPS) is 17.8. The number of Topliss-reactive ketones (excluding diaryl/α,β-unsaturated/α-hetero) is 1. The summed E-state index contributed by atoms with van der Waals surface area (Å²) in [6, 6.07) is 11.8. The molecule has 6 nitrogen and oxygen atoms in total. The Labute approximate surface area is 219 Å². The van der Waals surface area contributed by atoms with Gasteiger partial charge in [-0.05, 0) is 61.3 Å². The van der Waals surface area contributed by atoms with Crippen molar-refractivity contribution >= 4 is 29.1 Å². The van der Waals surface area contributed by atoms with Crippen LogP contribution < -0.4 is 4.74 Å². The lowest BCUT2D eigenvalue weighted by molar-refractivity contribution is -0.140. The standard InChI is InChI=1S/C29H37ClN2O4/c1-7-31(8-2)16-17-32-25(19-10-13-21(30)14-11-19)24(27(34)28(32)35)26(33)20-12-15-23(36-9-3)22(18-20)29(4,5)6/h10-15,18,25,33H,7-9,16-17H2,1-6H3/b26-24-. The first-order valence-corrected chi connectivity index (χ1v) is 12.9. The summed E-state index contributed by atoms with van der Waals surface area (Å²) in [6.45, 7) is 15.4. The van der Waals surface area contributed by atoms with Gasteiger partial charge in [0.05, 0.1) is 18.2 Å². The number of benzene rings is 2. The number of likely N-dealkylation sites (N-methyl/N-ethyl adjacent to an activating group) is 1. The fourth-order valence-electron chi connectivity index (χ4n) is 4.59. The van der Waals surface area contributed by atoms with Crippen LogP contribution in [0.5, 0.6) is 5.75 Å². The molecule has 194 valence electrons. The zero-order chi connectivity index (χ0) is 26.6. The van der Waals surface area contributed by atoms with Crippen LogP contribution >= 0.6 is 11.6 Å². The maximum absolute atomic E-state index is 13.3. The van der Waals surface area contributed by atoms with Crippen LogP contribution in [0.3, 0.4) is 0 Å². The Balaban J connectivity index is 2.16. The van der Waals surface area contributed by atoms with Gasteiger partial charge in [-0.2, -0.15) is 0 Å².